The fourth-order valence-corrected chi connectivity index (χ4v) is 3.64. The summed E-state index contributed by atoms with van der Waals surface area (Å²) in [4.78, 5) is 16.9. The van der Waals surface area contributed by atoms with Crippen LogP contribution in [-0.4, -0.2) is 32.1 Å². The van der Waals surface area contributed by atoms with Crippen molar-refractivity contribution in [3.05, 3.63) is 90.2 Å². The monoisotopic (exact) mass is 389 g/mol. The number of hydrogen-bond acceptors (Lipinski definition) is 3. The smallest absolute Gasteiger partial charge is 0.228 e. The van der Waals surface area contributed by atoms with Crippen molar-refractivity contribution in [3.63, 3.8) is 0 Å². The second kappa shape index (κ2) is 8.78. The third kappa shape index (κ3) is 4.74. The summed E-state index contributed by atoms with van der Waals surface area (Å²) < 4.78 is 13.7. The number of nitrogens with zero attached hydrogens (tertiary/aromatic N) is 2. The van der Waals surface area contributed by atoms with Crippen molar-refractivity contribution >= 4 is 23.0 Å². The Morgan fingerprint density at radius 1 is 0.759 bits per heavy atom. The summed E-state index contributed by atoms with van der Waals surface area (Å²) >= 11 is 0. The number of carbonyl (C=O) groups excluding carboxylic acids is 1. The molecule has 1 heterocycles. The lowest BCUT2D eigenvalue weighted by atomic mass is 10.1. The van der Waals surface area contributed by atoms with E-state index in [4.69, 9.17) is 0 Å². The Bertz CT molecular complexity index is 951. The van der Waals surface area contributed by atoms with Gasteiger partial charge in [-0.1, -0.05) is 36.4 Å². The van der Waals surface area contributed by atoms with Crippen LogP contribution in [0, 0.1) is 5.82 Å². The molecule has 0 aliphatic carbocycles. The van der Waals surface area contributed by atoms with Gasteiger partial charge in [0.05, 0.1) is 6.42 Å². The molecule has 29 heavy (non-hydrogen) atoms. The van der Waals surface area contributed by atoms with Crippen molar-refractivity contribution in [3.8, 4) is 0 Å². The van der Waals surface area contributed by atoms with Crippen LogP contribution in [0.4, 0.5) is 21.5 Å². The van der Waals surface area contributed by atoms with Crippen LogP contribution in [0.2, 0.25) is 0 Å². The van der Waals surface area contributed by atoms with Gasteiger partial charge in [0.15, 0.2) is 0 Å². The largest absolute Gasteiger partial charge is 0.368 e. The van der Waals surface area contributed by atoms with Crippen LogP contribution in [0.25, 0.3) is 0 Å². The molecule has 1 amide bonds. The van der Waals surface area contributed by atoms with Crippen LogP contribution in [-0.2, 0) is 11.2 Å². The molecule has 1 saturated heterocycles. The maximum absolute atomic E-state index is 13.7. The topological polar surface area (TPSA) is 35.6 Å². The van der Waals surface area contributed by atoms with E-state index in [1.807, 2.05) is 30.3 Å². The number of halogens is 1. The van der Waals surface area contributed by atoms with Gasteiger partial charge in [0, 0.05) is 43.2 Å². The van der Waals surface area contributed by atoms with Crippen LogP contribution in [0.3, 0.4) is 0 Å². The number of anilines is 3. The molecule has 4 nitrogen and oxygen atoms in total. The molecule has 0 aromatic heterocycles. The maximum atomic E-state index is 13.7. The van der Waals surface area contributed by atoms with E-state index in [-0.39, 0.29) is 18.1 Å². The van der Waals surface area contributed by atoms with Crippen LogP contribution in [0.15, 0.2) is 78.9 Å². The first-order valence-electron chi connectivity index (χ1n) is 9.87. The number of hydrogen-bond donors (Lipinski definition) is 1. The van der Waals surface area contributed by atoms with E-state index in [0.717, 1.165) is 37.6 Å². The van der Waals surface area contributed by atoms with E-state index in [0.29, 0.717) is 5.56 Å². The van der Waals surface area contributed by atoms with Crippen molar-refractivity contribution in [1.82, 2.24) is 0 Å². The van der Waals surface area contributed by atoms with Gasteiger partial charge in [0.1, 0.15) is 5.82 Å². The third-order valence-corrected chi connectivity index (χ3v) is 5.23. The van der Waals surface area contributed by atoms with Gasteiger partial charge >= 0.3 is 0 Å². The molecular formula is C24H24FN3O. The predicted octanol–water partition coefficient (Wildman–Crippen LogP) is 4.33. The van der Waals surface area contributed by atoms with E-state index in [1.54, 1.807) is 18.2 Å². The Morgan fingerprint density at radius 2 is 1.31 bits per heavy atom. The molecule has 1 fully saturated rings. The van der Waals surface area contributed by atoms with Gasteiger partial charge < -0.3 is 15.1 Å². The molecule has 0 saturated carbocycles. The average Bonchev–Trinajstić information content (AvgIpc) is 2.77. The Hall–Kier alpha value is -3.34. The van der Waals surface area contributed by atoms with E-state index in [1.165, 1.54) is 11.8 Å². The molecule has 5 heteroatoms. The molecule has 148 valence electrons. The molecular weight excluding hydrogens is 365 g/mol. The number of benzene rings is 3. The Kier molecular flexibility index (Phi) is 5.75. The third-order valence-electron chi connectivity index (χ3n) is 5.23. The van der Waals surface area contributed by atoms with Gasteiger partial charge in [0.2, 0.25) is 5.91 Å². The summed E-state index contributed by atoms with van der Waals surface area (Å²) in [6, 6.07) is 24.7. The van der Waals surface area contributed by atoms with E-state index in [9.17, 15) is 9.18 Å². The molecule has 3 aromatic rings. The minimum atomic E-state index is -0.354. The summed E-state index contributed by atoms with van der Waals surface area (Å²) in [6.07, 6.45) is 0.0237. The molecule has 0 unspecified atom stereocenters. The first kappa shape index (κ1) is 19.0. The predicted molar refractivity (Wildman–Crippen MR) is 116 cm³/mol. The van der Waals surface area contributed by atoms with Crippen molar-refractivity contribution in [1.29, 1.82) is 0 Å². The highest BCUT2D eigenvalue weighted by atomic mass is 19.1. The van der Waals surface area contributed by atoms with Crippen molar-refractivity contribution < 1.29 is 9.18 Å². The number of amides is 1. The van der Waals surface area contributed by atoms with Gasteiger partial charge in [-0.3, -0.25) is 4.79 Å². The normalized spacial score (nSPS) is 14.0. The van der Waals surface area contributed by atoms with Gasteiger partial charge in [0.25, 0.3) is 0 Å². The zero-order valence-corrected chi connectivity index (χ0v) is 16.2. The van der Waals surface area contributed by atoms with Crippen LogP contribution in [0.1, 0.15) is 5.56 Å². The Morgan fingerprint density at radius 3 is 1.93 bits per heavy atom. The lowest BCUT2D eigenvalue weighted by molar-refractivity contribution is -0.115. The second-order valence-electron chi connectivity index (χ2n) is 7.17. The summed E-state index contributed by atoms with van der Waals surface area (Å²) in [6.45, 7) is 3.86. The van der Waals surface area contributed by atoms with Gasteiger partial charge in [-0.2, -0.15) is 0 Å². The average molecular weight is 389 g/mol. The highest BCUT2D eigenvalue weighted by Crippen LogP contribution is 2.22. The molecule has 4 rings (SSSR count). The van der Waals surface area contributed by atoms with Crippen molar-refractivity contribution in [2.75, 3.05) is 41.3 Å². The fraction of sp³-hybridized carbons (Fsp3) is 0.208. The first-order valence-corrected chi connectivity index (χ1v) is 9.87. The highest BCUT2D eigenvalue weighted by Gasteiger charge is 2.17. The Labute approximate surface area is 170 Å². The molecule has 1 aliphatic rings. The van der Waals surface area contributed by atoms with Crippen LogP contribution in [0.5, 0.6) is 0 Å². The van der Waals surface area contributed by atoms with E-state index in [2.05, 4.69) is 39.4 Å². The zero-order chi connectivity index (χ0) is 20.1. The van der Waals surface area contributed by atoms with Crippen molar-refractivity contribution in [2.24, 2.45) is 0 Å². The quantitative estimate of drug-likeness (QED) is 0.705. The Balaban J connectivity index is 1.31. The standard InChI is InChI=1S/C24H24FN3O/c25-23-9-5-4-6-19(23)18-24(29)26-20-10-12-22(13-11-20)28-16-14-27(15-17-28)21-7-2-1-3-8-21/h1-13H,14-18H2,(H,26,29). The number of rotatable bonds is 5. The molecule has 1 N–H and O–H groups in total. The molecule has 0 spiro atoms. The summed E-state index contributed by atoms with van der Waals surface area (Å²) in [5, 5.41) is 2.84. The lowest BCUT2D eigenvalue weighted by Gasteiger charge is -2.37. The van der Waals surface area contributed by atoms with Crippen LogP contribution >= 0.6 is 0 Å². The maximum Gasteiger partial charge on any atom is 0.228 e. The van der Waals surface area contributed by atoms with Crippen LogP contribution < -0.4 is 15.1 Å². The van der Waals surface area contributed by atoms with Crippen molar-refractivity contribution in [2.45, 2.75) is 6.42 Å². The summed E-state index contributed by atoms with van der Waals surface area (Å²) in [7, 11) is 0. The second-order valence-corrected chi connectivity index (χ2v) is 7.17. The highest BCUT2D eigenvalue weighted by molar-refractivity contribution is 5.92. The molecule has 1 aliphatic heterocycles. The molecule has 3 aromatic carbocycles. The molecule has 0 radical (unpaired) electrons. The number of piperazine rings is 1. The van der Waals surface area contributed by atoms with Gasteiger partial charge in [-0.05, 0) is 48.0 Å². The minimum Gasteiger partial charge on any atom is -0.368 e. The number of para-hydroxylation sites is 1. The summed E-state index contributed by atoms with van der Waals surface area (Å²) in [5.74, 6) is -0.577. The van der Waals surface area contributed by atoms with E-state index < -0.39 is 0 Å². The van der Waals surface area contributed by atoms with Gasteiger partial charge in [-0.25, -0.2) is 4.39 Å². The minimum absolute atomic E-state index is 0.0237. The SMILES string of the molecule is O=C(Cc1ccccc1F)Nc1ccc(N2CCN(c3ccccc3)CC2)cc1. The number of carbonyl (C=O) groups is 1. The molecule has 0 bridgehead atoms. The lowest BCUT2D eigenvalue weighted by Crippen LogP contribution is -2.46. The first-order chi connectivity index (χ1) is 14.2. The van der Waals surface area contributed by atoms with E-state index >= 15 is 0 Å². The van der Waals surface area contributed by atoms with Gasteiger partial charge in [-0.15, -0.1) is 0 Å². The zero-order valence-electron chi connectivity index (χ0n) is 16.2. The fourth-order valence-electron chi connectivity index (χ4n) is 3.64. The molecule has 0 atom stereocenters. The number of nitrogens with one attached hydrogen (secondary N) is 1. The summed E-state index contributed by atoms with van der Waals surface area (Å²) in [5.41, 5.74) is 3.53.